The van der Waals surface area contributed by atoms with Crippen LogP contribution in [-0.4, -0.2) is 52.5 Å². The average molecular weight is 358 g/mol. The Morgan fingerprint density at radius 2 is 2.12 bits per heavy atom. The molecular weight excluding hydrogens is 338 g/mol. The van der Waals surface area contributed by atoms with Crippen molar-refractivity contribution in [3.05, 3.63) is 47.6 Å². The minimum absolute atomic E-state index is 0.0740. The van der Waals surface area contributed by atoms with Crippen LogP contribution in [0.3, 0.4) is 0 Å². The number of fused-ring (bicyclic) bond motifs is 1. The highest BCUT2D eigenvalue weighted by molar-refractivity contribution is 6.30. The monoisotopic (exact) mass is 357 g/mol. The molecule has 0 spiro atoms. The van der Waals surface area contributed by atoms with E-state index in [-0.39, 0.29) is 12.5 Å². The van der Waals surface area contributed by atoms with Crippen molar-refractivity contribution in [2.45, 2.75) is 6.54 Å². The number of rotatable bonds is 6. The molecule has 0 bridgehead atoms. The standard InChI is InChI=1S/C18H20ClN5O/c1-23(2)10-9-20-16(25)12-24-17(13-5-3-6-14(19)11-13)22-15-7-4-8-21-18(15)24/h3-8,11H,9-10,12H2,1-2H3,(H,20,25). The lowest BCUT2D eigenvalue weighted by atomic mass is 10.2. The van der Waals surface area contributed by atoms with Gasteiger partial charge < -0.3 is 10.2 Å². The molecule has 2 heterocycles. The molecule has 3 rings (SSSR count). The van der Waals surface area contributed by atoms with Gasteiger partial charge in [-0.1, -0.05) is 23.7 Å². The third-order valence-corrected chi connectivity index (χ3v) is 4.00. The van der Waals surface area contributed by atoms with Crippen molar-refractivity contribution in [1.82, 2.24) is 24.8 Å². The van der Waals surface area contributed by atoms with Crippen LogP contribution in [0.2, 0.25) is 5.02 Å². The normalized spacial score (nSPS) is 11.2. The second kappa shape index (κ2) is 7.63. The number of imidazole rings is 1. The number of nitrogens with one attached hydrogen (secondary N) is 1. The molecule has 1 amide bonds. The van der Waals surface area contributed by atoms with Gasteiger partial charge in [0.25, 0.3) is 0 Å². The molecule has 6 nitrogen and oxygen atoms in total. The Labute approximate surface area is 151 Å². The van der Waals surface area contributed by atoms with Crippen LogP contribution in [0.5, 0.6) is 0 Å². The molecule has 2 aromatic heterocycles. The van der Waals surface area contributed by atoms with E-state index >= 15 is 0 Å². The number of nitrogens with zero attached hydrogens (tertiary/aromatic N) is 4. The maximum Gasteiger partial charge on any atom is 0.240 e. The smallest absolute Gasteiger partial charge is 0.240 e. The summed E-state index contributed by atoms with van der Waals surface area (Å²) >= 11 is 6.11. The first-order chi connectivity index (χ1) is 12.0. The second-order valence-electron chi connectivity index (χ2n) is 6.03. The molecule has 0 aliphatic carbocycles. The molecule has 3 aromatic rings. The van der Waals surface area contributed by atoms with Gasteiger partial charge >= 0.3 is 0 Å². The van der Waals surface area contributed by atoms with Crippen molar-refractivity contribution >= 4 is 28.7 Å². The fourth-order valence-corrected chi connectivity index (χ4v) is 2.76. The van der Waals surface area contributed by atoms with Crippen LogP contribution in [0.15, 0.2) is 42.6 Å². The van der Waals surface area contributed by atoms with Gasteiger partial charge in [0, 0.05) is 29.9 Å². The number of amides is 1. The first-order valence-electron chi connectivity index (χ1n) is 8.03. The molecule has 1 N–H and O–H groups in total. The highest BCUT2D eigenvalue weighted by atomic mass is 35.5. The molecule has 0 saturated carbocycles. The lowest BCUT2D eigenvalue weighted by Gasteiger charge is -2.12. The minimum atomic E-state index is -0.0740. The third kappa shape index (κ3) is 4.15. The molecule has 25 heavy (non-hydrogen) atoms. The van der Waals surface area contributed by atoms with Gasteiger partial charge in [-0.3, -0.25) is 9.36 Å². The fraction of sp³-hybridized carbons (Fsp3) is 0.278. The topological polar surface area (TPSA) is 63.1 Å². The van der Waals surface area contributed by atoms with E-state index in [0.717, 1.165) is 17.6 Å². The summed E-state index contributed by atoms with van der Waals surface area (Å²) in [4.78, 5) is 23.4. The number of aromatic nitrogens is 3. The summed E-state index contributed by atoms with van der Waals surface area (Å²) < 4.78 is 1.83. The van der Waals surface area contributed by atoms with Crippen LogP contribution in [0, 0.1) is 0 Å². The minimum Gasteiger partial charge on any atom is -0.353 e. The van der Waals surface area contributed by atoms with Gasteiger partial charge in [-0.2, -0.15) is 0 Å². The summed E-state index contributed by atoms with van der Waals surface area (Å²) in [6.45, 7) is 1.54. The lowest BCUT2D eigenvalue weighted by molar-refractivity contribution is -0.121. The van der Waals surface area contributed by atoms with Crippen molar-refractivity contribution in [1.29, 1.82) is 0 Å². The lowest BCUT2D eigenvalue weighted by Crippen LogP contribution is -2.33. The molecular formula is C18H20ClN5O. The number of likely N-dealkylation sites (N-methyl/N-ethyl adjacent to an activating group) is 1. The van der Waals surface area contributed by atoms with Crippen LogP contribution in [0.1, 0.15) is 0 Å². The number of hydrogen-bond acceptors (Lipinski definition) is 4. The van der Waals surface area contributed by atoms with Crippen LogP contribution < -0.4 is 5.32 Å². The zero-order chi connectivity index (χ0) is 17.8. The quantitative estimate of drug-likeness (QED) is 0.736. The van der Waals surface area contributed by atoms with Crippen LogP contribution in [0.25, 0.3) is 22.6 Å². The number of pyridine rings is 1. The number of benzene rings is 1. The Balaban J connectivity index is 1.92. The number of halogens is 1. The zero-order valence-electron chi connectivity index (χ0n) is 14.2. The van der Waals surface area contributed by atoms with Crippen molar-refractivity contribution in [3.63, 3.8) is 0 Å². The molecule has 130 valence electrons. The molecule has 0 aliphatic rings. The van der Waals surface area contributed by atoms with Crippen molar-refractivity contribution < 1.29 is 4.79 Å². The molecule has 0 fully saturated rings. The summed E-state index contributed by atoms with van der Waals surface area (Å²) in [6, 6.07) is 11.2. The van der Waals surface area contributed by atoms with Gasteiger partial charge in [-0.15, -0.1) is 0 Å². The van der Waals surface area contributed by atoms with E-state index in [1.165, 1.54) is 0 Å². The largest absolute Gasteiger partial charge is 0.353 e. The van der Waals surface area contributed by atoms with Crippen molar-refractivity contribution in [2.24, 2.45) is 0 Å². The summed E-state index contributed by atoms with van der Waals surface area (Å²) in [5, 5.41) is 3.55. The van der Waals surface area contributed by atoms with E-state index in [9.17, 15) is 4.79 Å². The van der Waals surface area contributed by atoms with E-state index in [1.54, 1.807) is 6.20 Å². The van der Waals surface area contributed by atoms with E-state index < -0.39 is 0 Å². The Kier molecular flexibility index (Phi) is 5.31. The summed E-state index contributed by atoms with van der Waals surface area (Å²) in [6.07, 6.45) is 1.70. The first-order valence-corrected chi connectivity index (χ1v) is 8.41. The average Bonchev–Trinajstić information content (AvgIpc) is 2.93. The molecule has 0 aliphatic heterocycles. The van der Waals surface area contributed by atoms with E-state index in [4.69, 9.17) is 11.6 Å². The number of carbonyl (C=O) groups excluding carboxylic acids is 1. The third-order valence-electron chi connectivity index (χ3n) is 3.77. The molecule has 0 atom stereocenters. The molecule has 1 aromatic carbocycles. The summed E-state index contributed by atoms with van der Waals surface area (Å²) in [5.41, 5.74) is 2.28. The van der Waals surface area contributed by atoms with Crippen molar-refractivity contribution in [3.8, 4) is 11.4 Å². The van der Waals surface area contributed by atoms with Gasteiger partial charge in [-0.25, -0.2) is 9.97 Å². The predicted octanol–water partition coefficient (Wildman–Crippen LogP) is 2.43. The van der Waals surface area contributed by atoms with Crippen LogP contribution in [-0.2, 0) is 11.3 Å². The van der Waals surface area contributed by atoms with Crippen LogP contribution >= 0.6 is 11.6 Å². The van der Waals surface area contributed by atoms with Gasteiger partial charge in [-0.05, 0) is 38.4 Å². The highest BCUT2D eigenvalue weighted by Gasteiger charge is 2.16. The number of carbonyl (C=O) groups is 1. The van der Waals surface area contributed by atoms with E-state index in [1.807, 2.05) is 60.0 Å². The molecule has 7 heteroatoms. The second-order valence-corrected chi connectivity index (χ2v) is 6.47. The maximum absolute atomic E-state index is 12.4. The Hall–Kier alpha value is -2.44. The van der Waals surface area contributed by atoms with Gasteiger partial charge in [0.2, 0.25) is 5.91 Å². The summed E-state index contributed by atoms with van der Waals surface area (Å²) in [7, 11) is 3.94. The van der Waals surface area contributed by atoms with Gasteiger partial charge in [0.15, 0.2) is 5.65 Å². The van der Waals surface area contributed by atoms with Crippen LogP contribution in [0.4, 0.5) is 0 Å². The molecule has 0 unspecified atom stereocenters. The molecule has 0 radical (unpaired) electrons. The highest BCUT2D eigenvalue weighted by Crippen LogP contribution is 2.25. The Morgan fingerprint density at radius 3 is 2.88 bits per heavy atom. The van der Waals surface area contributed by atoms with Crippen molar-refractivity contribution in [2.75, 3.05) is 27.2 Å². The number of hydrogen-bond donors (Lipinski definition) is 1. The maximum atomic E-state index is 12.4. The summed E-state index contributed by atoms with van der Waals surface area (Å²) in [5.74, 6) is 0.606. The Bertz CT molecular complexity index is 890. The predicted molar refractivity (Wildman–Crippen MR) is 99.5 cm³/mol. The van der Waals surface area contributed by atoms with E-state index in [0.29, 0.717) is 23.0 Å². The Morgan fingerprint density at radius 1 is 1.28 bits per heavy atom. The first kappa shape index (κ1) is 17.4. The van der Waals surface area contributed by atoms with E-state index in [2.05, 4.69) is 15.3 Å². The fourth-order valence-electron chi connectivity index (χ4n) is 2.57. The molecule has 0 saturated heterocycles. The van der Waals surface area contributed by atoms with Gasteiger partial charge in [0.05, 0.1) is 0 Å². The van der Waals surface area contributed by atoms with Gasteiger partial charge in [0.1, 0.15) is 17.9 Å². The zero-order valence-corrected chi connectivity index (χ0v) is 15.0. The SMILES string of the molecule is CN(C)CCNC(=O)Cn1c(-c2cccc(Cl)c2)nc2cccnc21.